The summed E-state index contributed by atoms with van der Waals surface area (Å²) in [4.78, 5) is 4.05. The molecule has 0 aromatic rings. The average molecular weight is 140 g/mol. The van der Waals surface area contributed by atoms with Gasteiger partial charge in [0, 0.05) is 6.21 Å². The van der Waals surface area contributed by atoms with Crippen LogP contribution in [0, 0.1) is 0 Å². The quantitative estimate of drug-likeness (QED) is 0.595. The summed E-state index contributed by atoms with van der Waals surface area (Å²) in [5.41, 5.74) is 6.66. The van der Waals surface area contributed by atoms with Gasteiger partial charge in [-0.05, 0) is 25.8 Å². The second-order valence-electron chi connectivity index (χ2n) is 2.24. The zero-order valence-corrected chi connectivity index (χ0v) is 6.96. The molecule has 0 rings (SSSR count). The molecule has 2 heteroatoms. The summed E-state index contributed by atoms with van der Waals surface area (Å²) in [6.07, 6.45) is 4.82. The van der Waals surface area contributed by atoms with Crippen LogP contribution in [0.15, 0.2) is 16.6 Å². The number of hydrogen-bond donors (Lipinski definition) is 1. The van der Waals surface area contributed by atoms with Gasteiger partial charge in [-0.25, -0.2) is 0 Å². The molecule has 0 radical (unpaired) electrons. The molecule has 0 heterocycles. The van der Waals surface area contributed by atoms with Crippen LogP contribution in [0.1, 0.15) is 27.2 Å². The Bertz CT molecular complexity index is 134. The fraction of sp³-hybridized carbons (Fsp3) is 0.625. The first kappa shape index (κ1) is 9.37. The van der Waals surface area contributed by atoms with Crippen molar-refractivity contribution in [2.45, 2.75) is 33.4 Å². The van der Waals surface area contributed by atoms with Crippen molar-refractivity contribution in [1.29, 1.82) is 0 Å². The molecule has 0 aliphatic carbocycles. The molecule has 2 N–H and O–H groups in total. The van der Waals surface area contributed by atoms with Crippen molar-refractivity contribution in [3.8, 4) is 0 Å². The van der Waals surface area contributed by atoms with Crippen molar-refractivity contribution >= 4 is 6.21 Å². The van der Waals surface area contributed by atoms with Gasteiger partial charge in [0.25, 0.3) is 0 Å². The summed E-state index contributed by atoms with van der Waals surface area (Å²) >= 11 is 0. The number of aliphatic imine (C=N–C) groups is 1. The molecule has 0 aromatic carbocycles. The highest BCUT2D eigenvalue weighted by atomic mass is 14.9. The summed E-state index contributed by atoms with van der Waals surface area (Å²) < 4.78 is 0. The first-order chi connectivity index (χ1) is 4.70. The second-order valence-corrected chi connectivity index (χ2v) is 2.24. The molecule has 0 aliphatic heterocycles. The number of nitrogens with zero attached hydrogens (tertiary/aromatic N) is 1. The Hall–Kier alpha value is -0.630. The van der Waals surface area contributed by atoms with Gasteiger partial charge in [0.15, 0.2) is 0 Å². The van der Waals surface area contributed by atoms with E-state index in [2.05, 4.69) is 11.9 Å². The summed E-state index contributed by atoms with van der Waals surface area (Å²) in [5, 5.41) is 0. The lowest BCUT2D eigenvalue weighted by molar-refractivity contribution is 0.796. The smallest absolute Gasteiger partial charge is 0.0940 e. The van der Waals surface area contributed by atoms with Crippen LogP contribution in [-0.4, -0.2) is 12.4 Å². The molecule has 0 spiro atoms. The Labute approximate surface area is 62.8 Å². The van der Waals surface area contributed by atoms with Gasteiger partial charge in [-0.1, -0.05) is 13.0 Å². The molecule has 0 bridgehead atoms. The van der Waals surface area contributed by atoms with E-state index in [-0.39, 0.29) is 6.17 Å². The third-order valence-corrected chi connectivity index (χ3v) is 1.25. The monoisotopic (exact) mass is 140 g/mol. The molecule has 2 nitrogen and oxygen atoms in total. The minimum absolute atomic E-state index is 0.0819. The van der Waals surface area contributed by atoms with Gasteiger partial charge in [-0.15, -0.1) is 0 Å². The van der Waals surface area contributed by atoms with E-state index >= 15 is 0 Å². The van der Waals surface area contributed by atoms with E-state index in [1.807, 2.05) is 26.1 Å². The molecule has 1 unspecified atom stereocenters. The molecule has 0 aromatic heterocycles. The Morgan fingerprint density at radius 3 is 2.60 bits per heavy atom. The lowest BCUT2D eigenvalue weighted by Gasteiger charge is -1.96. The van der Waals surface area contributed by atoms with Crippen molar-refractivity contribution in [2.75, 3.05) is 0 Å². The first-order valence-electron chi connectivity index (χ1n) is 3.64. The Morgan fingerprint density at radius 2 is 2.30 bits per heavy atom. The molecule has 0 amide bonds. The number of hydrogen-bond acceptors (Lipinski definition) is 2. The molecule has 0 saturated heterocycles. The van der Waals surface area contributed by atoms with Gasteiger partial charge in [0.05, 0.1) is 6.17 Å². The third-order valence-electron chi connectivity index (χ3n) is 1.25. The molecule has 10 heavy (non-hydrogen) atoms. The molecule has 1 atom stereocenters. The molecule has 0 fully saturated rings. The molecular weight excluding hydrogens is 124 g/mol. The highest BCUT2D eigenvalue weighted by molar-refractivity contribution is 5.78. The second kappa shape index (κ2) is 5.18. The van der Waals surface area contributed by atoms with Crippen LogP contribution in [0.5, 0.6) is 0 Å². The maximum atomic E-state index is 5.42. The van der Waals surface area contributed by atoms with Crippen LogP contribution in [-0.2, 0) is 0 Å². The maximum absolute atomic E-state index is 5.42. The molecule has 0 aliphatic rings. The van der Waals surface area contributed by atoms with Crippen molar-refractivity contribution in [1.82, 2.24) is 0 Å². The van der Waals surface area contributed by atoms with E-state index in [4.69, 9.17) is 5.73 Å². The van der Waals surface area contributed by atoms with Gasteiger partial charge in [-0.2, -0.15) is 0 Å². The minimum atomic E-state index is -0.0819. The van der Waals surface area contributed by atoms with Crippen molar-refractivity contribution in [2.24, 2.45) is 10.7 Å². The zero-order valence-electron chi connectivity index (χ0n) is 6.96. The number of allylic oxidation sites excluding steroid dienone is 2. The van der Waals surface area contributed by atoms with Crippen LogP contribution in [0.2, 0.25) is 0 Å². The topological polar surface area (TPSA) is 38.4 Å². The van der Waals surface area contributed by atoms with Gasteiger partial charge in [-0.3, -0.25) is 4.99 Å². The highest BCUT2D eigenvalue weighted by Gasteiger charge is 1.86. The summed E-state index contributed by atoms with van der Waals surface area (Å²) in [7, 11) is 0. The van der Waals surface area contributed by atoms with Crippen molar-refractivity contribution in [3.63, 3.8) is 0 Å². The lowest BCUT2D eigenvalue weighted by atomic mass is 10.2. The van der Waals surface area contributed by atoms with Crippen LogP contribution in [0.3, 0.4) is 0 Å². The summed E-state index contributed by atoms with van der Waals surface area (Å²) in [6, 6.07) is 0. The lowest BCUT2D eigenvalue weighted by Crippen LogP contribution is -2.11. The largest absolute Gasteiger partial charge is 0.310 e. The molecular formula is C8H16N2. The standard InChI is InChI=1S/C8H16N2/c1-4-8(5-2)6-10-7(3)9/h4,6-7H,5,9H2,1-3H3/b8-4-,10-6?. The SMILES string of the molecule is C/C=C(\C=NC(C)N)CC. The Kier molecular flexibility index (Phi) is 4.85. The van der Waals surface area contributed by atoms with Crippen molar-refractivity contribution < 1.29 is 0 Å². The average Bonchev–Trinajstić information content (AvgIpc) is 1.90. The van der Waals surface area contributed by atoms with Crippen LogP contribution in [0.25, 0.3) is 0 Å². The number of rotatable bonds is 3. The summed E-state index contributed by atoms with van der Waals surface area (Å²) in [6.45, 7) is 5.97. The normalized spacial score (nSPS) is 16.2. The Morgan fingerprint density at radius 1 is 1.70 bits per heavy atom. The van der Waals surface area contributed by atoms with Gasteiger partial charge in [0.2, 0.25) is 0 Å². The zero-order chi connectivity index (χ0) is 7.98. The van der Waals surface area contributed by atoms with E-state index < -0.39 is 0 Å². The van der Waals surface area contributed by atoms with E-state index in [1.54, 1.807) is 0 Å². The number of nitrogens with two attached hydrogens (primary N) is 1. The predicted octanol–water partition coefficient (Wildman–Crippen LogP) is 1.72. The predicted molar refractivity (Wildman–Crippen MR) is 46.2 cm³/mol. The fourth-order valence-electron chi connectivity index (χ4n) is 0.583. The fourth-order valence-corrected chi connectivity index (χ4v) is 0.583. The molecule has 0 saturated carbocycles. The van der Waals surface area contributed by atoms with Gasteiger partial charge < -0.3 is 5.73 Å². The van der Waals surface area contributed by atoms with E-state index in [1.165, 1.54) is 5.57 Å². The molecule has 58 valence electrons. The Balaban J connectivity index is 3.86. The maximum Gasteiger partial charge on any atom is 0.0940 e. The van der Waals surface area contributed by atoms with Crippen molar-refractivity contribution in [3.05, 3.63) is 11.6 Å². The van der Waals surface area contributed by atoms with E-state index in [0.29, 0.717) is 0 Å². The van der Waals surface area contributed by atoms with Gasteiger partial charge >= 0.3 is 0 Å². The summed E-state index contributed by atoms with van der Waals surface area (Å²) in [5.74, 6) is 0. The van der Waals surface area contributed by atoms with Crippen LogP contribution in [0.4, 0.5) is 0 Å². The van der Waals surface area contributed by atoms with E-state index in [0.717, 1.165) is 6.42 Å². The minimum Gasteiger partial charge on any atom is -0.310 e. The highest BCUT2D eigenvalue weighted by Crippen LogP contribution is 1.95. The van der Waals surface area contributed by atoms with E-state index in [9.17, 15) is 0 Å². The van der Waals surface area contributed by atoms with Crippen LogP contribution < -0.4 is 5.73 Å². The van der Waals surface area contributed by atoms with Gasteiger partial charge in [0.1, 0.15) is 0 Å². The first-order valence-corrected chi connectivity index (χ1v) is 3.64. The third kappa shape index (κ3) is 4.27. The van der Waals surface area contributed by atoms with Crippen LogP contribution >= 0.6 is 0 Å².